The highest BCUT2D eigenvalue weighted by molar-refractivity contribution is 7.91. The molecule has 3 aromatic rings. The number of methoxy groups -OCH3 is 2. The number of anilines is 1. The smallest absolute Gasteiger partial charge is 0.339 e. The molecule has 0 aliphatic carbocycles. The number of rotatable bonds is 11. The van der Waals surface area contributed by atoms with Crippen LogP contribution in [0.5, 0.6) is 17.5 Å². The number of hydrogen-bond acceptors (Lipinski definition) is 10. The molecule has 196 valence electrons. The molecule has 0 bridgehead atoms. The van der Waals surface area contributed by atoms with Crippen LogP contribution in [0.2, 0.25) is 0 Å². The van der Waals surface area contributed by atoms with Gasteiger partial charge in [0, 0.05) is 25.4 Å². The maximum Gasteiger partial charge on any atom is 0.339 e. The lowest BCUT2D eigenvalue weighted by atomic mass is 10.2. The van der Waals surface area contributed by atoms with Crippen LogP contribution in [0.4, 0.5) is 5.82 Å². The van der Waals surface area contributed by atoms with Gasteiger partial charge in [-0.3, -0.25) is 4.79 Å². The first kappa shape index (κ1) is 27.6. The van der Waals surface area contributed by atoms with Gasteiger partial charge in [-0.05, 0) is 43.3 Å². The second-order valence-electron chi connectivity index (χ2n) is 7.77. The van der Waals surface area contributed by atoms with E-state index in [1.807, 2.05) is 0 Å². The highest BCUT2D eigenvalue weighted by Crippen LogP contribution is 2.26. The fourth-order valence-electron chi connectivity index (χ4n) is 3.10. The highest BCUT2D eigenvalue weighted by atomic mass is 32.2. The maximum absolute atomic E-state index is 13.0. The van der Waals surface area contributed by atoms with Crippen molar-refractivity contribution in [2.24, 2.45) is 0 Å². The molecule has 0 fully saturated rings. The van der Waals surface area contributed by atoms with Crippen molar-refractivity contribution < 1.29 is 37.0 Å². The number of carbonyl (C=O) groups excluding carboxylic acids is 2. The van der Waals surface area contributed by atoms with Crippen molar-refractivity contribution in [3.63, 3.8) is 0 Å². The molecule has 3 rings (SSSR count). The van der Waals surface area contributed by atoms with Gasteiger partial charge in [0.15, 0.2) is 9.84 Å². The first-order chi connectivity index (χ1) is 17.6. The largest absolute Gasteiger partial charge is 0.472 e. The Bertz CT molecular complexity index is 1340. The van der Waals surface area contributed by atoms with Gasteiger partial charge in [-0.1, -0.05) is 6.92 Å². The Morgan fingerprint density at radius 3 is 2.30 bits per heavy atom. The summed E-state index contributed by atoms with van der Waals surface area (Å²) in [5, 5.41) is 2.64. The Morgan fingerprint density at radius 1 is 1.00 bits per heavy atom. The summed E-state index contributed by atoms with van der Waals surface area (Å²) in [6.07, 6.45) is 0.918. The summed E-state index contributed by atoms with van der Waals surface area (Å²) in [4.78, 5) is 33.1. The minimum absolute atomic E-state index is 0.0213. The normalized spacial score (nSPS) is 11.9. The number of sulfone groups is 1. The van der Waals surface area contributed by atoms with Crippen LogP contribution in [0.3, 0.4) is 0 Å². The van der Waals surface area contributed by atoms with Crippen LogP contribution in [0.15, 0.2) is 59.6 Å². The summed E-state index contributed by atoms with van der Waals surface area (Å²) in [6, 6.07) is 11.6. The van der Waals surface area contributed by atoms with Gasteiger partial charge in [0.05, 0.1) is 35.5 Å². The molecular formula is C25H27N3O8S. The molecule has 37 heavy (non-hydrogen) atoms. The van der Waals surface area contributed by atoms with Crippen LogP contribution in [0.25, 0.3) is 0 Å². The summed E-state index contributed by atoms with van der Waals surface area (Å²) >= 11 is 0. The molecule has 1 N–H and O–H groups in total. The Balaban J connectivity index is 1.86. The van der Waals surface area contributed by atoms with E-state index in [1.165, 1.54) is 68.9 Å². The van der Waals surface area contributed by atoms with Crippen molar-refractivity contribution in [2.75, 3.05) is 31.9 Å². The second kappa shape index (κ2) is 12.3. The molecule has 12 heteroatoms. The van der Waals surface area contributed by atoms with E-state index in [2.05, 4.69) is 20.0 Å². The van der Waals surface area contributed by atoms with E-state index >= 15 is 0 Å². The Labute approximate surface area is 214 Å². The van der Waals surface area contributed by atoms with Crippen molar-refractivity contribution in [3.05, 3.63) is 65.9 Å². The Kier molecular flexibility index (Phi) is 9.15. The fraction of sp³-hybridized carbons (Fsp3) is 0.280. The molecule has 0 saturated heterocycles. The molecule has 0 spiro atoms. The SMILES string of the molecule is CCS(=O)(=O)c1ccc(Oc2cc(C(=O)Nc3ccc(C(=O)OC)cn3)cc(O[C@H](C)COC)n2)cc1. The second-order valence-corrected chi connectivity index (χ2v) is 10.0. The standard InChI is InChI=1S/C25H27N3O8S/c1-5-37(31,32)20-9-7-19(8-10-20)36-23-13-18(12-22(28-23)35-16(2)15-33-3)24(29)27-21-11-6-17(14-26-21)25(30)34-4/h6-14,16H,5,15H2,1-4H3,(H,26,27,29)/t16-/m1/s1. The third kappa shape index (κ3) is 7.48. The van der Waals surface area contributed by atoms with E-state index in [1.54, 1.807) is 13.8 Å². The molecule has 0 aliphatic heterocycles. The van der Waals surface area contributed by atoms with Crippen molar-refractivity contribution in [1.29, 1.82) is 0 Å². The molecule has 11 nitrogen and oxygen atoms in total. The zero-order valence-corrected chi connectivity index (χ0v) is 21.6. The maximum atomic E-state index is 13.0. The third-order valence-electron chi connectivity index (χ3n) is 4.98. The number of aromatic nitrogens is 2. The molecule has 1 amide bonds. The average molecular weight is 530 g/mol. The highest BCUT2D eigenvalue weighted by Gasteiger charge is 2.16. The predicted molar refractivity (Wildman–Crippen MR) is 134 cm³/mol. The van der Waals surface area contributed by atoms with Crippen molar-refractivity contribution in [2.45, 2.75) is 24.8 Å². The van der Waals surface area contributed by atoms with E-state index in [-0.39, 0.29) is 52.1 Å². The number of nitrogens with zero attached hydrogens (tertiary/aromatic N) is 2. The molecule has 0 saturated carbocycles. The van der Waals surface area contributed by atoms with Gasteiger partial charge in [0.2, 0.25) is 11.8 Å². The summed E-state index contributed by atoms with van der Waals surface area (Å²) in [6.45, 7) is 3.63. The van der Waals surface area contributed by atoms with Crippen LogP contribution < -0.4 is 14.8 Å². The molecule has 1 atom stereocenters. The van der Waals surface area contributed by atoms with Gasteiger partial charge in [-0.15, -0.1) is 0 Å². The van der Waals surface area contributed by atoms with Crippen LogP contribution in [0.1, 0.15) is 34.6 Å². The van der Waals surface area contributed by atoms with E-state index in [0.29, 0.717) is 5.75 Å². The molecule has 2 heterocycles. The first-order valence-corrected chi connectivity index (χ1v) is 12.8. The summed E-state index contributed by atoms with van der Waals surface area (Å²) < 4.78 is 45.4. The quantitative estimate of drug-likeness (QED) is 0.367. The van der Waals surface area contributed by atoms with Gasteiger partial charge in [0.1, 0.15) is 17.7 Å². The van der Waals surface area contributed by atoms with Crippen molar-refractivity contribution >= 4 is 27.5 Å². The Hall–Kier alpha value is -4.03. The first-order valence-electron chi connectivity index (χ1n) is 11.2. The zero-order valence-electron chi connectivity index (χ0n) is 20.8. The molecule has 1 aromatic carbocycles. The van der Waals surface area contributed by atoms with Gasteiger partial charge in [0.25, 0.3) is 5.91 Å². The van der Waals surface area contributed by atoms with Crippen LogP contribution >= 0.6 is 0 Å². The van der Waals surface area contributed by atoms with Crippen LogP contribution in [-0.2, 0) is 19.3 Å². The van der Waals surface area contributed by atoms with E-state index in [0.717, 1.165) is 0 Å². The van der Waals surface area contributed by atoms with Crippen molar-refractivity contribution in [3.8, 4) is 17.5 Å². The number of pyridine rings is 2. The number of ether oxygens (including phenoxy) is 4. The molecule has 2 aromatic heterocycles. The Morgan fingerprint density at radius 2 is 1.70 bits per heavy atom. The number of esters is 1. The number of nitrogens with one attached hydrogen (secondary N) is 1. The number of benzene rings is 1. The summed E-state index contributed by atoms with van der Waals surface area (Å²) in [5.41, 5.74) is 0.398. The van der Waals surface area contributed by atoms with Gasteiger partial charge >= 0.3 is 5.97 Å². The van der Waals surface area contributed by atoms with Gasteiger partial charge in [-0.25, -0.2) is 18.2 Å². The van der Waals surface area contributed by atoms with Gasteiger partial charge < -0.3 is 24.3 Å². The molecule has 0 aliphatic rings. The molecule has 0 radical (unpaired) electrons. The topological polar surface area (TPSA) is 143 Å². The number of amides is 1. The molecule has 0 unspecified atom stereocenters. The average Bonchev–Trinajstić information content (AvgIpc) is 2.89. The van der Waals surface area contributed by atoms with E-state index in [4.69, 9.17) is 14.2 Å². The van der Waals surface area contributed by atoms with Crippen LogP contribution in [0, 0.1) is 0 Å². The summed E-state index contributed by atoms with van der Waals surface area (Å²) in [7, 11) is -0.564. The van der Waals surface area contributed by atoms with Gasteiger partial charge in [-0.2, -0.15) is 4.98 Å². The van der Waals surface area contributed by atoms with Crippen molar-refractivity contribution in [1.82, 2.24) is 9.97 Å². The zero-order chi connectivity index (χ0) is 27.0. The van der Waals surface area contributed by atoms with Crippen LogP contribution in [-0.4, -0.2) is 62.9 Å². The lowest BCUT2D eigenvalue weighted by Crippen LogP contribution is -2.19. The monoisotopic (exact) mass is 529 g/mol. The lowest BCUT2D eigenvalue weighted by Gasteiger charge is -2.15. The third-order valence-corrected chi connectivity index (χ3v) is 6.73. The fourth-order valence-corrected chi connectivity index (χ4v) is 3.98. The predicted octanol–water partition coefficient (Wildman–Crippen LogP) is 3.52. The molecular weight excluding hydrogens is 502 g/mol. The number of hydrogen-bond donors (Lipinski definition) is 1. The van der Waals surface area contributed by atoms with E-state index in [9.17, 15) is 18.0 Å². The lowest BCUT2D eigenvalue weighted by molar-refractivity contribution is 0.0600. The minimum Gasteiger partial charge on any atom is -0.472 e. The summed E-state index contributed by atoms with van der Waals surface area (Å²) in [5.74, 6) is -0.408. The number of carbonyl (C=O) groups is 2. The minimum atomic E-state index is -3.36. The van der Waals surface area contributed by atoms with E-state index < -0.39 is 21.7 Å².